The highest BCUT2D eigenvalue weighted by molar-refractivity contribution is 5.79. The van der Waals surface area contributed by atoms with Gasteiger partial charge in [0.25, 0.3) is 0 Å². The van der Waals surface area contributed by atoms with Crippen LogP contribution in [0.5, 0.6) is 0 Å². The van der Waals surface area contributed by atoms with Crippen LogP contribution in [0.1, 0.15) is 50.8 Å². The molecule has 2 fully saturated rings. The van der Waals surface area contributed by atoms with Crippen LogP contribution in [-0.4, -0.2) is 35.5 Å². The number of carbonyl (C=O) groups is 1. The van der Waals surface area contributed by atoms with Gasteiger partial charge in [-0.25, -0.2) is 9.97 Å². The van der Waals surface area contributed by atoms with Crippen molar-refractivity contribution in [2.75, 3.05) is 24.5 Å². The van der Waals surface area contributed by atoms with Gasteiger partial charge < -0.3 is 10.2 Å². The standard InChI is InChI=1S/C16H24N4O/c1-2-8-18-16(21)13-4-3-10-20(11-13)14-7-9-17-15(19-14)12-5-6-12/h7,9,12-13H,2-6,8,10-11H2,1H3,(H,18,21). The Kier molecular flexibility index (Phi) is 4.36. The lowest BCUT2D eigenvalue weighted by Gasteiger charge is -2.33. The summed E-state index contributed by atoms with van der Waals surface area (Å²) in [6, 6.07) is 1.97. The lowest BCUT2D eigenvalue weighted by molar-refractivity contribution is -0.125. The molecule has 0 spiro atoms. The molecular weight excluding hydrogens is 264 g/mol. The molecule has 2 heterocycles. The second kappa shape index (κ2) is 6.41. The first-order valence-electron chi connectivity index (χ1n) is 8.13. The fraction of sp³-hybridized carbons (Fsp3) is 0.688. The highest BCUT2D eigenvalue weighted by Crippen LogP contribution is 2.38. The van der Waals surface area contributed by atoms with Crippen LogP contribution in [0.2, 0.25) is 0 Å². The van der Waals surface area contributed by atoms with E-state index in [-0.39, 0.29) is 11.8 Å². The summed E-state index contributed by atoms with van der Waals surface area (Å²) in [6.45, 7) is 4.61. The van der Waals surface area contributed by atoms with E-state index >= 15 is 0 Å². The Balaban J connectivity index is 1.65. The van der Waals surface area contributed by atoms with Gasteiger partial charge in [-0.05, 0) is 38.2 Å². The van der Waals surface area contributed by atoms with E-state index < -0.39 is 0 Å². The van der Waals surface area contributed by atoms with Gasteiger partial charge in [-0.1, -0.05) is 6.92 Å². The van der Waals surface area contributed by atoms with E-state index in [0.29, 0.717) is 5.92 Å². The number of carbonyl (C=O) groups excluding carboxylic acids is 1. The zero-order valence-corrected chi connectivity index (χ0v) is 12.7. The van der Waals surface area contributed by atoms with Crippen LogP contribution >= 0.6 is 0 Å². The van der Waals surface area contributed by atoms with Gasteiger partial charge in [0.2, 0.25) is 5.91 Å². The second-order valence-electron chi connectivity index (χ2n) is 6.12. The first-order chi connectivity index (χ1) is 10.3. The van der Waals surface area contributed by atoms with Gasteiger partial charge in [-0.15, -0.1) is 0 Å². The van der Waals surface area contributed by atoms with E-state index in [4.69, 9.17) is 4.98 Å². The van der Waals surface area contributed by atoms with Crippen molar-refractivity contribution in [3.05, 3.63) is 18.1 Å². The van der Waals surface area contributed by atoms with Gasteiger partial charge in [0.1, 0.15) is 11.6 Å². The molecule has 1 N–H and O–H groups in total. The molecule has 1 aromatic rings. The van der Waals surface area contributed by atoms with Crippen molar-refractivity contribution in [1.29, 1.82) is 0 Å². The number of nitrogens with zero attached hydrogens (tertiary/aromatic N) is 3. The van der Waals surface area contributed by atoms with Crippen LogP contribution in [0.3, 0.4) is 0 Å². The van der Waals surface area contributed by atoms with E-state index in [1.165, 1.54) is 12.8 Å². The van der Waals surface area contributed by atoms with Crippen molar-refractivity contribution in [2.45, 2.75) is 44.9 Å². The Bertz CT molecular complexity index is 501. The maximum absolute atomic E-state index is 12.1. The molecule has 3 rings (SSSR count). The normalized spacial score (nSPS) is 22.1. The predicted molar refractivity (Wildman–Crippen MR) is 82.2 cm³/mol. The van der Waals surface area contributed by atoms with Crippen LogP contribution in [-0.2, 0) is 4.79 Å². The Hall–Kier alpha value is -1.65. The third-order valence-corrected chi connectivity index (χ3v) is 4.27. The van der Waals surface area contributed by atoms with E-state index in [0.717, 1.165) is 50.5 Å². The number of rotatable bonds is 5. The molecule has 1 saturated carbocycles. The van der Waals surface area contributed by atoms with Gasteiger partial charge in [-0.2, -0.15) is 0 Å². The number of aromatic nitrogens is 2. The smallest absolute Gasteiger partial charge is 0.224 e. The first-order valence-corrected chi connectivity index (χ1v) is 8.13. The zero-order chi connectivity index (χ0) is 14.7. The van der Waals surface area contributed by atoms with Crippen LogP contribution < -0.4 is 10.2 Å². The molecule has 1 aliphatic carbocycles. The third-order valence-electron chi connectivity index (χ3n) is 4.27. The lowest BCUT2D eigenvalue weighted by atomic mass is 9.97. The van der Waals surface area contributed by atoms with Crippen molar-refractivity contribution in [2.24, 2.45) is 5.92 Å². The third kappa shape index (κ3) is 3.52. The molecule has 1 saturated heterocycles. The van der Waals surface area contributed by atoms with Crippen molar-refractivity contribution in [3.8, 4) is 0 Å². The fourth-order valence-electron chi connectivity index (χ4n) is 2.87. The molecule has 1 aromatic heterocycles. The predicted octanol–water partition coefficient (Wildman–Crippen LogP) is 2.10. The maximum Gasteiger partial charge on any atom is 0.224 e. The molecule has 1 amide bonds. The van der Waals surface area contributed by atoms with Gasteiger partial charge in [-0.3, -0.25) is 4.79 Å². The van der Waals surface area contributed by atoms with Crippen LogP contribution in [0.4, 0.5) is 5.82 Å². The zero-order valence-electron chi connectivity index (χ0n) is 12.7. The van der Waals surface area contributed by atoms with Crippen molar-refractivity contribution in [1.82, 2.24) is 15.3 Å². The number of hydrogen-bond acceptors (Lipinski definition) is 4. The molecule has 5 heteroatoms. The maximum atomic E-state index is 12.1. The quantitative estimate of drug-likeness (QED) is 0.901. The Labute approximate surface area is 126 Å². The fourth-order valence-corrected chi connectivity index (χ4v) is 2.87. The summed E-state index contributed by atoms with van der Waals surface area (Å²) >= 11 is 0. The van der Waals surface area contributed by atoms with E-state index in [1.54, 1.807) is 0 Å². The number of amides is 1. The highest BCUT2D eigenvalue weighted by Gasteiger charge is 2.29. The highest BCUT2D eigenvalue weighted by atomic mass is 16.1. The summed E-state index contributed by atoms with van der Waals surface area (Å²) in [6.07, 6.45) is 7.30. The Morgan fingerprint density at radius 2 is 2.29 bits per heavy atom. The molecule has 1 atom stereocenters. The van der Waals surface area contributed by atoms with E-state index in [2.05, 4.69) is 22.1 Å². The molecule has 2 aliphatic rings. The SMILES string of the molecule is CCCNC(=O)C1CCCN(c2ccnc(C3CC3)n2)C1. The summed E-state index contributed by atoms with van der Waals surface area (Å²) in [7, 11) is 0. The van der Waals surface area contributed by atoms with Crippen LogP contribution in [0.15, 0.2) is 12.3 Å². The average Bonchev–Trinajstić information content (AvgIpc) is 3.38. The number of anilines is 1. The average molecular weight is 288 g/mol. The minimum atomic E-state index is 0.0876. The molecule has 0 bridgehead atoms. The molecular formula is C16H24N4O. The van der Waals surface area contributed by atoms with Crippen LogP contribution in [0, 0.1) is 5.92 Å². The Morgan fingerprint density at radius 3 is 3.05 bits per heavy atom. The summed E-state index contributed by atoms with van der Waals surface area (Å²) < 4.78 is 0. The second-order valence-corrected chi connectivity index (χ2v) is 6.12. The van der Waals surface area contributed by atoms with Gasteiger partial charge in [0.15, 0.2) is 0 Å². The topological polar surface area (TPSA) is 58.1 Å². The molecule has 114 valence electrons. The minimum Gasteiger partial charge on any atom is -0.356 e. The lowest BCUT2D eigenvalue weighted by Crippen LogP contribution is -2.43. The largest absolute Gasteiger partial charge is 0.356 e. The number of nitrogens with one attached hydrogen (secondary N) is 1. The molecule has 21 heavy (non-hydrogen) atoms. The summed E-state index contributed by atoms with van der Waals surface area (Å²) in [5.41, 5.74) is 0. The molecule has 5 nitrogen and oxygen atoms in total. The van der Waals surface area contributed by atoms with E-state index in [9.17, 15) is 4.79 Å². The van der Waals surface area contributed by atoms with Gasteiger partial charge >= 0.3 is 0 Å². The van der Waals surface area contributed by atoms with Crippen LogP contribution in [0.25, 0.3) is 0 Å². The molecule has 1 unspecified atom stereocenters. The van der Waals surface area contributed by atoms with E-state index in [1.807, 2.05) is 12.3 Å². The number of hydrogen-bond donors (Lipinski definition) is 1. The summed E-state index contributed by atoms with van der Waals surface area (Å²) in [5, 5.41) is 3.02. The van der Waals surface area contributed by atoms with Crippen molar-refractivity contribution >= 4 is 11.7 Å². The Morgan fingerprint density at radius 1 is 1.43 bits per heavy atom. The monoisotopic (exact) mass is 288 g/mol. The van der Waals surface area contributed by atoms with Crippen molar-refractivity contribution < 1.29 is 4.79 Å². The van der Waals surface area contributed by atoms with Gasteiger partial charge in [0, 0.05) is 31.7 Å². The van der Waals surface area contributed by atoms with Gasteiger partial charge in [0.05, 0.1) is 5.92 Å². The van der Waals surface area contributed by atoms with Crippen molar-refractivity contribution in [3.63, 3.8) is 0 Å². The molecule has 0 aromatic carbocycles. The molecule has 0 radical (unpaired) electrons. The number of piperidine rings is 1. The minimum absolute atomic E-state index is 0.0876. The summed E-state index contributed by atoms with van der Waals surface area (Å²) in [5.74, 6) is 2.81. The first kappa shape index (κ1) is 14.3. The summed E-state index contributed by atoms with van der Waals surface area (Å²) in [4.78, 5) is 23.5. The molecule has 1 aliphatic heterocycles.